The van der Waals surface area contributed by atoms with E-state index in [0.717, 1.165) is 10.8 Å². The number of hydrogen-bond donors (Lipinski definition) is 3. The second kappa shape index (κ2) is 11.8. The summed E-state index contributed by atoms with van der Waals surface area (Å²) in [6.45, 7) is 12.2. The number of nitrogens with zero attached hydrogens (tertiary/aromatic N) is 1. The Morgan fingerprint density at radius 3 is 2.26 bits per heavy atom. The molecule has 3 aromatic carbocycles. The fourth-order valence-corrected chi connectivity index (χ4v) is 4.33. The van der Waals surface area contributed by atoms with Crippen molar-refractivity contribution in [1.82, 2.24) is 10.2 Å². The third-order valence-electron chi connectivity index (χ3n) is 6.66. The Hall–Kier alpha value is -4.07. The number of fused-ring (bicyclic) bond motifs is 1. The average Bonchev–Trinajstić information content (AvgIpc) is 2.86. The molecule has 8 nitrogen and oxygen atoms in total. The van der Waals surface area contributed by atoms with E-state index in [1.54, 1.807) is 52.0 Å². The van der Waals surface area contributed by atoms with E-state index >= 15 is 0 Å². The summed E-state index contributed by atoms with van der Waals surface area (Å²) in [5.74, 6) is -1.05. The monoisotopic (exact) mass is 533 g/mol. The molecule has 3 N–H and O–H groups in total. The molecule has 1 unspecified atom stereocenters. The second-order valence-corrected chi connectivity index (χ2v) is 11.3. The lowest BCUT2D eigenvalue weighted by atomic mass is 9.91. The van der Waals surface area contributed by atoms with Gasteiger partial charge in [0.2, 0.25) is 5.91 Å². The Bertz CT molecular complexity index is 1360. The SMILES string of the molecule is CCC(C)(C)N(C(=O)CNC(=O)OC(C)(C)C)C(C(=O)Nc1ccc2ccccc2c1)c1cccc(C)c1O. The van der Waals surface area contributed by atoms with Gasteiger partial charge in [0.15, 0.2) is 0 Å². The predicted octanol–water partition coefficient (Wildman–Crippen LogP) is 6.08. The zero-order valence-electron chi connectivity index (χ0n) is 23.8. The van der Waals surface area contributed by atoms with Crippen LogP contribution >= 0.6 is 0 Å². The molecule has 0 fully saturated rings. The molecule has 0 saturated carbocycles. The largest absolute Gasteiger partial charge is 0.507 e. The van der Waals surface area contributed by atoms with Gasteiger partial charge in [-0.1, -0.05) is 55.5 Å². The van der Waals surface area contributed by atoms with Crippen molar-refractivity contribution < 1.29 is 24.2 Å². The highest BCUT2D eigenvalue weighted by atomic mass is 16.6. The van der Waals surface area contributed by atoms with Crippen LogP contribution in [0.25, 0.3) is 10.8 Å². The number of alkyl carbamates (subject to hydrolysis) is 1. The molecule has 0 aromatic heterocycles. The number of para-hydroxylation sites is 1. The number of hydrogen-bond acceptors (Lipinski definition) is 5. The zero-order chi connectivity index (χ0) is 29.0. The first-order chi connectivity index (χ1) is 18.2. The van der Waals surface area contributed by atoms with Crippen LogP contribution in [0.3, 0.4) is 0 Å². The quantitative estimate of drug-likeness (QED) is 0.325. The van der Waals surface area contributed by atoms with Gasteiger partial charge < -0.3 is 25.4 Å². The summed E-state index contributed by atoms with van der Waals surface area (Å²) >= 11 is 0. The Labute approximate surface area is 230 Å². The maximum Gasteiger partial charge on any atom is 0.408 e. The Kier molecular flexibility index (Phi) is 8.89. The predicted molar refractivity (Wildman–Crippen MR) is 154 cm³/mol. The van der Waals surface area contributed by atoms with Crippen molar-refractivity contribution in [2.75, 3.05) is 11.9 Å². The number of benzene rings is 3. The molecule has 3 amide bonds. The van der Waals surface area contributed by atoms with Gasteiger partial charge in [-0.2, -0.15) is 0 Å². The number of amides is 3. The van der Waals surface area contributed by atoms with Gasteiger partial charge in [-0.05, 0) is 76.4 Å². The highest BCUT2D eigenvalue weighted by molar-refractivity contribution is 6.00. The molecule has 0 aliphatic heterocycles. The summed E-state index contributed by atoms with van der Waals surface area (Å²) in [5, 5.41) is 18.5. The number of aromatic hydroxyl groups is 1. The average molecular weight is 534 g/mol. The van der Waals surface area contributed by atoms with Crippen molar-refractivity contribution in [2.45, 2.75) is 72.1 Å². The topological polar surface area (TPSA) is 108 Å². The number of carbonyl (C=O) groups excluding carboxylic acids is 3. The van der Waals surface area contributed by atoms with Gasteiger partial charge in [-0.25, -0.2) is 4.79 Å². The Balaban J connectivity index is 2.03. The molecule has 3 rings (SSSR count). The first-order valence-electron chi connectivity index (χ1n) is 13.1. The molecule has 0 aliphatic rings. The van der Waals surface area contributed by atoms with Crippen molar-refractivity contribution in [3.8, 4) is 5.75 Å². The first kappa shape index (κ1) is 29.5. The lowest BCUT2D eigenvalue weighted by molar-refractivity contribution is -0.145. The summed E-state index contributed by atoms with van der Waals surface area (Å²) in [6, 6.07) is 17.3. The van der Waals surface area contributed by atoms with Crippen LogP contribution < -0.4 is 10.6 Å². The summed E-state index contributed by atoms with van der Waals surface area (Å²) < 4.78 is 5.28. The van der Waals surface area contributed by atoms with Crippen molar-refractivity contribution in [3.63, 3.8) is 0 Å². The number of phenols is 1. The standard InChI is InChI=1S/C31H39N3O5/c1-8-31(6,7)34(25(35)19-32-29(38)39-30(3,4)5)26(24-15-11-12-20(2)27(24)36)28(37)33-23-17-16-21-13-9-10-14-22(21)18-23/h9-18,26,36H,8,19H2,1-7H3,(H,32,38)(H,33,37). The minimum atomic E-state index is -1.18. The second-order valence-electron chi connectivity index (χ2n) is 11.3. The number of phenolic OH excluding ortho intramolecular Hbond substituents is 1. The number of aryl methyl sites for hydroxylation is 1. The lowest BCUT2D eigenvalue weighted by Crippen LogP contribution is -2.55. The molecular weight excluding hydrogens is 494 g/mol. The minimum Gasteiger partial charge on any atom is -0.507 e. The van der Waals surface area contributed by atoms with Crippen LogP contribution in [0.1, 0.15) is 65.1 Å². The van der Waals surface area contributed by atoms with Gasteiger partial charge in [0, 0.05) is 16.8 Å². The van der Waals surface area contributed by atoms with Crippen LogP contribution in [0, 0.1) is 6.92 Å². The van der Waals surface area contributed by atoms with Crippen molar-refractivity contribution in [3.05, 3.63) is 71.8 Å². The number of ether oxygens (including phenoxy) is 1. The van der Waals surface area contributed by atoms with E-state index in [1.165, 1.54) is 4.90 Å². The normalized spacial score (nSPS) is 12.5. The maximum atomic E-state index is 14.0. The van der Waals surface area contributed by atoms with E-state index in [4.69, 9.17) is 4.74 Å². The van der Waals surface area contributed by atoms with Crippen LogP contribution in [0.15, 0.2) is 60.7 Å². The van der Waals surface area contributed by atoms with Crippen LogP contribution in [-0.2, 0) is 14.3 Å². The fraction of sp³-hybridized carbons (Fsp3) is 0.387. The van der Waals surface area contributed by atoms with Gasteiger partial charge in [0.1, 0.15) is 23.9 Å². The number of nitrogens with one attached hydrogen (secondary N) is 2. The molecule has 0 bridgehead atoms. The van der Waals surface area contributed by atoms with Crippen molar-refractivity contribution >= 4 is 34.4 Å². The van der Waals surface area contributed by atoms with Crippen molar-refractivity contribution in [1.29, 1.82) is 0 Å². The van der Waals surface area contributed by atoms with E-state index in [9.17, 15) is 19.5 Å². The van der Waals surface area contributed by atoms with Crippen LogP contribution in [0.5, 0.6) is 5.75 Å². The molecule has 8 heteroatoms. The molecular formula is C31H39N3O5. The van der Waals surface area contributed by atoms with E-state index in [-0.39, 0.29) is 12.3 Å². The molecule has 3 aromatic rings. The van der Waals surface area contributed by atoms with E-state index < -0.39 is 35.1 Å². The molecule has 0 heterocycles. The van der Waals surface area contributed by atoms with Gasteiger partial charge >= 0.3 is 6.09 Å². The molecule has 0 aliphatic carbocycles. The highest BCUT2D eigenvalue weighted by Gasteiger charge is 2.41. The van der Waals surface area contributed by atoms with Crippen molar-refractivity contribution in [2.24, 2.45) is 0 Å². The summed E-state index contributed by atoms with van der Waals surface area (Å²) in [5.41, 5.74) is -0.117. The van der Waals surface area contributed by atoms with Crippen LogP contribution in [0.4, 0.5) is 10.5 Å². The first-order valence-corrected chi connectivity index (χ1v) is 13.1. The lowest BCUT2D eigenvalue weighted by Gasteiger charge is -2.43. The van der Waals surface area contributed by atoms with Crippen LogP contribution in [-0.4, -0.2) is 45.6 Å². The molecule has 0 spiro atoms. The summed E-state index contributed by atoms with van der Waals surface area (Å²) in [4.78, 5) is 41.5. The smallest absolute Gasteiger partial charge is 0.408 e. The number of anilines is 1. The van der Waals surface area contributed by atoms with Gasteiger partial charge in [0.25, 0.3) is 5.91 Å². The van der Waals surface area contributed by atoms with E-state index in [0.29, 0.717) is 23.2 Å². The third-order valence-corrected chi connectivity index (χ3v) is 6.66. The summed E-state index contributed by atoms with van der Waals surface area (Å²) in [6.07, 6.45) is -0.224. The summed E-state index contributed by atoms with van der Waals surface area (Å²) in [7, 11) is 0. The maximum absolute atomic E-state index is 14.0. The van der Waals surface area contributed by atoms with E-state index in [2.05, 4.69) is 10.6 Å². The number of rotatable bonds is 8. The van der Waals surface area contributed by atoms with Crippen LogP contribution in [0.2, 0.25) is 0 Å². The molecule has 0 saturated heterocycles. The zero-order valence-corrected chi connectivity index (χ0v) is 23.8. The van der Waals surface area contributed by atoms with Gasteiger partial charge in [-0.15, -0.1) is 0 Å². The van der Waals surface area contributed by atoms with E-state index in [1.807, 2.05) is 57.2 Å². The number of carbonyl (C=O) groups is 3. The molecule has 208 valence electrons. The molecule has 39 heavy (non-hydrogen) atoms. The molecule has 0 radical (unpaired) electrons. The minimum absolute atomic E-state index is 0.0685. The Morgan fingerprint density at radius 2 is 1.62 bits per heavy atom. The van der Waals surface area contributed by atoms with Gasteiger partial charge in [0.05, 0.1) is 0 Å². The third kappa shape index (κ3) is 7.28. The fourth-order valence-electron chi connectivity index (χ4n) is 4.33. The van der Waals surface area contributed by atoms with Gasteiger partial charge in [-0.3, -0.25) is 9.59 Å². The molecule has 1 atom stereocenters. The highest BCUT2D eigenvalue weighted by Crippen LogP contribution is 2.37. The Morgan fingerprint density at radius 1 is 0.949 bits per heavy atom.